The molecule has 1 unspecified atom stereocenters. The molecule has 8 nitrogen and oxygen atoms in total. The molecule has 38 heavy (non-hydrogen) atoms. The highest BCUT2D eigenvalue weighted by Gasteiger charge is 2.25. The fraction of sp³-hybridized carbons (Fsp3) is 0.333. The van der Waals surface area contributed by atoms with Gasteiger partial charge in [-0.1, -0.05) is 72.8 Å². The van der Waals surface area contributed by atoms with Gasteiger partial charge in [-0.05, 0) is 49.6 Å². The van der Waals surface area contributed by atoms with Crippen LogP contribution < -0.4 is 10.1 Å². The lowest BCUT2D eigenvalue weighted by Crippen LogP contribution is -2.38. The maximum Gasteiger partial charge on any atom is 0.408 e. The fourth-order valence-corrected chi connectivity index (χ4v) is 3.53. The van der Waals surface area contributed by atoms with Gasteiger partial charge in [0, 0.05) is 0 Å². The Morgan fingerprint density at radius 1 is 0.789 bits per heavy atom. The highest BCUT2D eigenvalue weighted by molar-refractivity contribution is 5.81. The zero-order valence-corrected chi connectivity index (χ0v) is 22.0. The van der Waals surface area contributed by atoms with Crippen molar-refractivity contribution in [1.29, 1.82) is 0 Å². The summed E-state index contributed by atoms with van der Waals surface area (Å²) in [4.78, 5) is 23.9. The van der Waals surface area contributed by atoms with Gasteiger partial charge in [0.2, 0.25) is 0 Å². The number of aliphatic carboxylic acids is 1. The number of rotatable bonds is 13. The number of ether oxygens (including phenoxy) is 4. The first-order valence-corrected chi connectivity index (χ1v) is 12.4. The zero-order valence-electron chi connectivity index (χ0n) is 22.0. The van der Waals surface area contributed by atoms with Crippen molar-refractivity contribution < 1.29 is 33.6 Å². The summed E-state index contributed by atoms with van der Waals surface area (Å²) in [6, 6.07) is 24.9. The van der Waals surface area contributed by atoms with Crippen molar-refractivity contribution >= 4 is 12.1 Å². The first-order chi connectivity index (χ1) is 18.2. The molecule has 202 valence electrons. The summed E-state index contributed by atoms with van der Waals surface area (Å²) < 4.78 is 23.1. The van der Waals surface area contributed by atoms with Crippen LogP contribution in [0.2, 0.25) is 0 Å². The van der Waals surface area contributed by atoms with E-state index in [9.17, 15) is 14.7 Å². The van der Waals surface area contributed by atoms with Gasteiger partial charge in [0.15, 0.2) is 6.04 Å². The number of amides is 1. The van der Waals surface area contributed by atoms with Gasteiger partial charge in [-0.2, -0.15) is 0 Å². The lowest BCUT2D eigenvalue weighted by atomic mass is 10.1. The maximum atomic E-state index is 12.1. The summed E-state index contributed by atoms with van der Waals surface area (Å²) in [7, 11) is 0. The van der Waals surface area contributed by atoms with Crippen LogP contribution in [0.25, 0.3) is 0 Å². The molecular formula is C30H35NO7. The largest absolute Gasteiger partial charge is 0.486 e. The molecule has 0 bridgehead atoms. The van der Waals surface area contributed by atoms with Crippen molar-refractivity contribution in [2.24, 2.45) is 0 Å². The van der Waals surface area contributed by atoms with Crippen molar-refractivity contribution in [2.75, 3.05) is 13.2 Å². The van der Waals surface area contributed by atoms with E-state index in [1.807, 2.05) is 60.7 Å². The lowest BCUT2D eigenvalue weighted by Gasteiger charge is -2.22. The molecule has 0 saturated heterocycles. The highest BCUT2D eigenvalue weighted by atomic mass is 16.6. The molecule has 0 fully saturated rings. The van der Waals surface area contributed by atoms with E-state index in [1.165, 1.54) is 0 Å². The van der Waals surface area contributed by atoms with Crippen LogP contribution in [0.4, 0.5) is 4.79 Å². The summed E-state index contributed by atoms with van der Waals surface area (Å²) in [6.07, 6.45) is -1.21. The number of carbonyl (C=O) groups excluding carboxylic acids is 1. The molecule has 0 saturated carbocycles. The number of hydrogen-bond acceptors (Lipinski definition) is 6. The van der Waals surface area contributed by atoms with Crippen LogP contribution in [0, 0.1) is 0 Å². The van der Waals surface area contributed by atoms with Crippen molar-refractivity contribution in [1.82, 2.24) is 5.32 Å². The highest BCUT2D eigenvalue weighted by Crippen LogP contribution is 2.21. The van der Waals surface area contributed by atoms with E-state index in [2.05, 4.69) is 5.32 Å². The van der Waals surface area contributed by atoms with Gasteiger partial charge in [-0.3, -0.25) is 0 Å². The van der Waals surface area contributed by atoms with Crippen LogP contribution in [0.3, 0.4) is 0 Å². The number of alkyl carbamates (subject to hydrolysis) is 1. The molecule has 8 heteroatoms. The smallest absolute Gasteiger partial charge is 0.408 e. The number of nitrogens with one attached hydrogen (secondary N) is 1. The number of hydrogen-bond donors (Lipinski definition) is 2. The molecule has 3 rings (SSSR count). The average Bonchev–Trinajstić information content (AvgIpc) is 2.88. The molecule has 0 aliphatic carbocycles. The number of benzene rings is 3. The van der Waals surface area contributed by atoms with E-state index < -0.39 is 29.8 Å². The Morgan fingerprint density at radius 2 is 1.29 bits per heavy atom. The van der Waals surface area contributed by atoms with Gasteiger partial charge in [0.25, 0.3) is 0 Å². The lowest BCUT2D eigenvalue weighted by molar-refractivity contribution is -0.139. The topological polar surface area (TPSA) is 103 Å². The van der Waals surface area contributed by atoms with E-state index in [4.69, 9.17) is 18.9 Å². The van der Waals surface area contributed by atoms with Gasteiger partial charge >= 0.3 is 12.1 Å². The van der Waals surface area contributed by atoms with Crippen LogP contribution in [-0.2, 0) is 32.2 Å². The Bertz CT molecular complexity index is 1080. The predicted molar refractivity (Wildman–Crippen MR) is 143 cm³/mol. The number of carbonyl (C=O) groups is 2. The van der Waals surface area contributed by atoms with Crippen LogP contribution in [0.15, 0.2) is 84.9 Å². The fourth-order valence-electron chi connectivity index (χ4n) is 3.53. The third-order valence-electron chi connectivity index (χ3n) is 5.25. The molecule has 0 heterocycles. The van der Waals surface area contributed by atoms with Crippen LogP contribution in [0.1, 0.15) is 43.5 Å². The Morgan fingerprint density at radius 3 is 1.74 bits per heavy atom. The minimum absolute atomic E-state index is 0.295. The molecule has 1 atom stereocenters. The van der Waals surface area contributed by atoms with Gasteiger partial charge < -0.3 is 29.4 Å². The Balaban J connectivity index is 1.62. The minimum atomic E-state index is -1.27. The molecule has 2 N–H and O–H groups in total. The third-order valence-corrected chi connectivity index (χ3v) is 5.25. The predicted octanol–water partition coefficient (Wildman–Crippen LogP) is 5.52. The monoisotopic (exact) mass is 521 g/mol. The van der Waals surface area contributed by atoms with Gasteiger partial charge in [0.05, 0.1) is 26.4 Å². The molecule has 0 aliphatic heterocycles. The van der Waals surface area contributed by atoms with Gasteiger partial charge in [0.1, 0.15) is 17.5 Å². The summed E-state index contributed by atoms with van der Waals surface area (Å²) in [6.45, 7) is 6.59. The molecule has 0 spiro atoms. The molecule has 1 amide bonds. The summed E-state index contributed by atoms with van der Waals surface area (Å²) in [5, 5.41) is 12.0. The first kappa shape index (κ1) is 28.7. The molecule has 3 aromatic carbocycles. The molecule has 3 aromatic rings. The van der Waals surface area contributed by atoms with Crippen molar-refractivity contribution in [3.05, 3.63) is 102 Å². The van der Waals surface area contributed by atoms with Crippen molar-refractivity contribution in [3.63, 3.8) is 0 Å². The SMILES string of the molecule is CC(C)(C)OC(=O)NC(C(=O)O)c1ccc(OC(COCc2ccccc2)COCc2ccccc2)cc1. The quantitative estimate of drug-likeness (QED) is 0.305. The Labute approximate surface area is 223 Å². The molecule has 0 aliphatic rings. The number of carboxylic acids is 1. The van der Waals surface area contributed by atoms with E-state index in [0.717, 1.165) is 11.1 Å². The van der Waals surface area contributed by atoms with Crippen molar-refractivity contribution in [2.45, 2.75) is 51.7 Å². The molecule has 0 aromatic heterocycles. The average molecular weight is 522 g/mol. The third kappa shape index (κ3) is 10.2. The zero-order chi connectivity index (χ0) is 27.4. The maximum absolute atomic E-state index is 12.1. The normalized spacial score (nSPS) is 12.1. The summed E-state index contributed by atoms with van der Waals surface area (Å²) in [5.41, 5.74) is 1.74. The van der Waals surface area contributed by atoms with Crippen LogP contribution >= 0.6 is 0 Å². The van der Waals surface area contributed by atoms with Gasteiger partial charge in [-0.15, -0.1) is 0 Å². The second kappa shape index (κ2) is 14.2. The summed E-state index contributed by atoms with van der Waals surface area (Å²) in [5.74, 6) is -0.683. The second-order valence-electron chi connectivity index (χ2n) is 9.73. The standard InChI is InChI=1S/C30H35NO7/c1-30(2,3)38-29(34)31-27(28(32)33)24-14-16-25(17-15-24)37-26(20-35-18-22-10-6-4-7-11-22)21-36-19-23-12-8-5-9-13-23/h4-17,26-27H,18-21H2,1-3H3,(H,31,34)(H,32,33). The van der Waals surface area contributed by atoms with E-state index >= 15 is 0 Å². The van der Waals surface area contributed by atoms with E-state index in [1.54, 1.807) is 45.0 Å². The van der Waals surface area contributed by atoms with Crippen molar-refractivity contribution in [3.8, 4) is 5.75 Å². The first-order valence-electron chi connectivity index (χ1n) is 12.4. The van der Waals surface area contributed by atoms with Crippen LogP contribution in [-0.4, -0.2) is 42.1 Å². The van der Waals surface area contributed by atoms with Gasteiger partial charge in [-0.25, -0.2) is 9.59 Å². The Kier molecular flexibility index (Phi) is 10.7. The minimum Gasteiger partial charge on any atom is -0.486 e. The molecular weight excluding hydrogens is 486 g/mol. The molecule has 0 radical (unpaired) electrons. The van der Waals surface area contributed by atoms with E-state index in [-0.39, 0.29) is 0 Å². The summed E-state index contributed by atoms with van der Waals surface area (Å²) >= 11 is 0. The Hall–Kier alpha value is -3.88. The number of carboxylic acid groups (broad SMARTS) is 1. The van der Waals surface area contributed by atoms with E-state index in [0.29, 0.717) is 37.7 Å². The second-order valence-corrected chi connectivity index (χ2v) is 9.73. The van der Waals surface area contributed by atoms with Crippen LogP contribution in [0.5, 0.6) is 5.75 Å².